The largest absolute Gasteiger partial charge is 0.489 e. The third-order valence-corrected chi connectivity index (χ3v) is 3.83. The second-order valence-electron chi connectivity index (χ2n) is 5.45. The highest BCUT2D eigenvalue weighted by atomic mass is 35.5. The van der Waals surface area contributed by atoms with E-state index >= 15 is 0 Å². The standard InChI is InChI=1S/C16H20ClNO5/c1-10(16(20)21-3)9-18(2)15(19)11-7-12(17)14-13(8-11)22-5-4-6-23-14/h7-8,10H,4-6,9H2,1-3H3/t10-/m0/s1. The van der Waals surface area contributed by atoms with Gasteiger partial charge in [-0.25, -0.2) is 0 Å². The van der Waals surface area contributed by atoms with Crippen LogP contribution >= 0.6 is 11.6 Å². The molecule has 0 aromatic heterocycles. The Kier molecular flexibility index (Phi) is 5.71. The van der Waals surface area contributed by atoms with Gasteiger partial charge in [0.05, 0.1) is 31.3 Å². The Balaban J connectivity index is 2.17. The van der Waals surface area contributed by atoms with E-state index < -0.39 is 5.92 Å². The molecule has 1 aliphatic rings. The van der Waals surface area contributed by atoms with Crippen molar-refractivity contribution in [2.45, 2.75) is 13.3 Å². The number of carbonyl (C=O) groups excluding carboxylic acids is 2. The zero-order valence-corrected chi connectivity index (χ0v) is 14.2. The van der Waals surface area contributed by atoms with Crippen LogP contribution in [-0.2, 0) is 9.53 Å². The van der Waals surface area contributed by atoms with Crippen LogP contribution in [0.1, 0.15) is 23.7 Å². The monoisotopic (exact) mass is 341 g/mol. The molecule has 6 nitrogen and oxygen atoms in total. The lowest BCUT2D eigenvalue weighted by atomic mass is 10.1. The molecule has 0 aliphatic carbocycles. The first-order valence-corrected chi connectivity index (χ1v) is 7.74. The molecule has 1 aromatic rings. The van der Waals surface area contributed by atoms with Crippen LogP contribution in [0, 0.1) is 5.92 Å². The molecule has 0 saturated carbocycles. The molecule has 126 valence electrons. The third-order valence-electron chi connectivity index (χ3n) is 3.55. The van der Waals surface area contributed by atoms with E-state index in [1.165, 1.54) is 12.0 Å². The van der Waals surface area contributed by atoms with Gasteiger partial charge in [0.25, 0.3) is 5.91 Å². The van der Waals surface area contributed by atoms with Gasteiger partial charge >= 0.3 is 5.97 Å². The number of rotatable bonds is 4. The van der Waals surface area contributed by atoms with E-state index in [1.54, 1.807) is 26.1 Å². The number of esters is 1. The van der Waals surface area contributed by atoms with Gasteiger partial charge in [-0.3, -0.25) is 9.59 Å². The van der Waals surface area contributed by atoms with Crippen LogP contribution in [0.5, 0.6) is 11.5 Å². The zero-order valence-electron chi connectivity index (χ0n) is 13.4. The fraction of sp³-hybridized carbons (Fsp3) is 0.500. The lowest BCUT2D eigenvalue weighted by Gasteiger charge is -2.21. The minimum atomic E-state index is -0.412. The van der Waals surface area contributed by atoms with Gasteiger partial charge in [-0.2, -0.15) is 0 Å². The van der Waals surface area contributed by atoms with Crippen molar-refractivity contribution in [2.24, 2.45) is 5.92 Å². The number of hydrogen-bond acceptors (Lipinski definition) is 5. The lowest BCUT2D eigenvalue weighted by molar-refractivity contribution is -0.145. The topological polar surface area (TPSA) is 65.1 Å². The summed E-state index contributed by atoms with van der Waals surface area (Å²) in [7, 11) is 2.95. The molecule has 1 aromatic carbocycles. The summed E-state index contributed by atoms with van der Waals surface area (Å²) in [6.07, 6.45) is 0.755. The second kappa shape index (κ2) is 7.55. The molecule has 23 heavy (non-hydrogen) atoms. The van der Waals surface area contributed by atoms with Gasteiger partial charge < -0.3 is 19.1 Å². The third kappa shape index (κ3) is 4.07. The van der Waals surface area contributed by atoms with Crippen molar-refractivity contribution in [1.82, 2.24) is 4.90 Å². The number of benzene rings is 1. The van der Waals surface area contributed by atoms with E-state index in [-0.39, 0.29) is 18.4 Å². The van der Waals surface area contributed by atoms with E-state index in [4.69, 9.17) is 21.1 Å². The van der Waals surface area contributed by atoms with Gasteiger partial charge in [0, 0.05) is 25.6 Å². The van der Waals surface area contributed by atoms with Crippen LogP contribution in [0.15, 0.2) is 12.1 Å². The molecular weight excluding hydrogens is 322 g/mol. The quantitative estimate of drug-likeness (QED) is 0.787. The summed E-state index contributed by atoms with van der Waals surface area (Å²) in [4.78, 5) is 25.5. The predicted octanol–water partition coefficient (Wildman–Crippen LogP) is 2.38. The van der Waals surface area contributed by atoms with E-state index in [2.05, 4.69) is 4.74 Å². The Labute approximate surface area is 140 Å². The summed E-state index contributed by atoms with van der Waals surface area (Å²) in [6.45, 7) is 2.99. The fourth-order valence-electron chi connectivity index (χ4n) is 2.34. The number of carbonyl (C=O) groups is 2. The number of ether oxygens (including phenoxy) is 3. The zero-order chi connectivity index (χ0) is 17.0. The van der Waals surface area contributed by atoms with E-state index in [9.17, 15) is 9.59 Å². The number of methoxy groups -OCH3 is 1. The Hall–Kier alpha value is -1.95. The van der Waals surface area contributed by atoms with Crippen molar-refractivity contribution < 1.29 is 23.8 Å². The molecule has 1 aliphatic heterocycles. The van der Waals surface area contributed by atoms with Crippen molar-refractivity contribution >= 4 is 23.5 Å². The first kappa shape index (κ1) is 17.4. The molecule has 2 rings (SSSR count). The Morgan fingerprint density at radius 1 is 1.35 bits per heavy atom. The summed E-state index contributed by atoms with van der Waals surface area (Å²) < 4.78 is 15.8. The van der Waals surface area contributed by atoms with Gasteiger partial charge in [-0.15, -0.1) is 0 Å². The summed E-state index contributed by atoms with van der Waals surface area (Å²) in [5.41, 5.74) is 0.388. The molecule has 7 heteroatoms. The number of halogens is 1. The normalized spacial score (nSPS) is 14.6. The molecule has 0 unspecified atom stereocenters. The molecule has 1 amide bonds. The average molecular weight is 342 g/mol. The van der Waals surface area contributed by atoms with Gasteiger partial charge in [0.1, 0.15) is 0 Å². The highest BCUT2D eigenvalue weighted by Gasteiger charge is 2.23. The van der Waals surface area contributed by atoms with E-state index in [0.717, 1.165) is 6.42 Å². The molecule has 1 heterocycles. The first-order chi connectivity index (χ1) is 10.9. The maximum absolute atomic E-state index is 12.5. The SMILES string of the molecule is COC(=O)[C@@H](C)CN(C)C(=O)c1cc(Cl)c2c(c1)OCCCO2. The van der Waals surface area contributed by atoms with Gasteiger partial charge in [0.2, 0.25) is 0 Å². The number of nitrogens with zero attached hydrogens (tertiary/aromatic N) is 1. The van der Waals surface area contributed by atoms with Crippen LogP contribution in [-0.4, -0.2) is 50.7 Å². The maximum Gasteiger partial charge on any atom is 0.310 e. The van der Waals surface area contributed by atoms with Gasteiger partial charge in [-0.1, -0.05) is 18.5 Å². The summed E-state index contributed by atoms with van der Waals surface area (Å²) in [6, 6.07) is 3.17. The van der Waals surface area contributed by atoms with Crippen molar-refractivity contribution in [3.05, 3.63) is 22.7 Å². The van der Waals surface area contributed by atoms with Crippen LogP contribution in [0.3, 0.4) is 0 Å². The highest BCUT2D eigenvalue weighted by molar-refractivity contribution is 6.32. The van der Waals surface area contributed by atoms with Crippen LogP contribution in [0.4, 0.5) is 0 Å². The first-order valence-electron chi connectivity index (χ1n) is 7.36. The lowest BCUT2D eigenvalue weighted by Crippen LogP contribution is -2.34. The van der Waals surface area contributed by atoms with Crippen LogP contribution in [0.25, 0.3) is 0 Å². The van der Waals surface area contributed by atoms with Crippen LogP contribution < -0.4 is 9.47 Å². The molecule has 0 spiro atoms. The predicted molar refractivity (Wildman–Crippen MR) is 85.2 cm³/mol. The minimum absolute atomic E-state index is 0.248. The number of fused-ring (bicyclic) bond motifs is 1. The Morgan fingerprint density at radius 2 is 2.04 bits per heavy atom. The van der Waals surface area contributed by atoms with Gasteiger partial charge in [-0.05, 0) is 12.1 Å². The van der Waals surface area contributed by atoms with Crippen molar-refractivity contribution in [1.29, 1.82) is 0 Å². The number of hydrogen-bond donors (Lipinski definition) is 0. The molecule has 0 fully saturated rings. The molecule has 0 radical (unpaired) electrons. The average Bonchev–Trinajstić information content (AvgIpc) is 2.78. The van der Waals surface area contributed by atoms with E-state index in [0.29, 0.717) is 35.3 Å². The minimum Gasteiger partial charge on any atom is -0.489 e. The Morgan fingerprint density at radius 3 is 2.74 bits per heavy atom. The summed E-state index contributed by atoms with van der Waals surface area (Å²) >= 11 is 6.20. The summed E-state index contributed by atoms with van der Waals surface area (Å²) in [5, 5.41) is 0.335. The fourth-order valence-corrected chi connectivity index (χ4v) is 2.61. The number of amides is 1. The second-order valence-corrected chi connectivity index (χ2v) is 5.85. The molecule has 0 saturated heterocycles. The molecule has 0 bridgehead atoms. The Bertz CT molecular complexity index is 604. The highest BCUT2D eigenvalue weighted by Crippen LogP contribution is 2.38. The summed E-state index contributed by atoms with van der Waals surface area (Å²) in [5.74, 6) is -0.0939. The molecular formula is C16H20ClNO5. The smallest absolute Gasteiger partial charge is 0.310 e. The van der Waals surface area contributed by atoms with Crippen molar-refractivity contribution in [2.75, 3.05) is 33.9 Å². The van der Waals surface area contributed by atoms with E-state index in [1.807, 2.05) is 0 Å². The van der Waals surface area contributed by atoms with Crippen molar-refractivity contribution in [3.8, 4) is 11.5 Å². The maximum atomic E-state index is 12.5. The van der Waals surface area contributed by atoms with Crippen LogP contribution in [0.2, 0.25) is 5.02 Å². The van der Waals surface area contributed by atoms with Crippen molar-refractivity contribution in [3.63, 3.8) is 0 Å². The molecule has 1 atom stereocenters. The van der Waals surface area contributed by atoms with Gasteiger partial charge in [0.15, 0.2) is 11.5 Å². The molecule has 0 N–H and O–H groups in total.